The van der Waals surface area contributed by atoms with Gasteiger partial charge in [0.1, 0.15) is 0 Å². The Morgan fingerprint density at radius 2 is 1.70 bits per heavy atom. The highest BCUT2D eigenvalue weighted by Crippen LogP contribution is 2.15. The van der Waals surface area contributed by atoms with Gasteiger partial charge < -0.3 is 24.3 Å². The number of para-hydroxylation sites is 2. The first kappa shape index (κ1) is 20.8. The number of nitrogens with zero attached hydrogens (tertiary/aromatic N) is 4. The number of hydrogen-bond acceptors (Lipinski definition) is 7. The number of fused-ring (bicyclic) bond motifs is 1. The van der Waals surface area contributed by atoms with Crippen molar-refractivity contribution in [2.75, 3.05) is 70.6 Å². The third kappa shape index (κ3) is 4.97. The minimum Gasteiger partial charge on any atom is -0.379 e. The second kappa shape index (κ2) is 10.0. The van der Waals surface area contributed by atoms with Crippen LogP contribution in [0, 0.1) is 0 Å². The van der Waals surface area contributed by atoms with Gasteiger partial charge in [0.25, 0.3) is 5.56 Å². The minimum atomic E-state index is -0.156. The van der Waals surface area contributed by atoms with Crippen molar-refractivity contribution < 1.29 is 14.3 Å². The Kier molecular flexibility index (Phi) is 6.93. The molecule has 2 aliphatic rings. The van der Waals surface area contributed by atoms with Gasteiger partial charge in [-0.15, -0.1) is 0 Å². The Morgan fingerprint density at radius 1 is 1.00 bits per heavy atom. The molecular formula is C21H29N5O4. The number of carbonyl (C=O) groups is 1. The SMILES string of the molecule is O=C(CCn1c(=O)c(N2CCOCC2)nc2ccccc21)NCCN1CCOCC1. The monoisotopic (exact) mass is 415 g/mol. The summed E-state index contributed by atoms with van der Waals surface area (Å²) < 4.78 is 12.4. The molecule has 0 radical (unpaired) electrons. The number of amides is 1. The molecule has 9 nitrogen and oxygen atoms in total. The molecule has 0 saturated carbocycles. The van der Waals surface area contributed by atoms with Crippen LogP contribution in [0.4, 0.5) is 5.82 Å². The van der Waals surface area contributed by atoms with Crippen molar-refractivity contribution in [1.82, 2.24) is 19.8 Å². The zero-order chi connectivity index (χ0) is 20.8. The highest BCUT2D eigenvalue weighted by Gasteiger charge is 2.19. The number of rotatable bonds is 7. The maximum Gasteiger partial charge on any atom is 0.294 e. The van der Waals surface area contributed by atoms with E-state index in [1.165, 1.54) is 0 Å². The second-order valence-electron chi connectivity index (χ2n) is 7.53. The summed E-state index contributed by atoms with van der Waals surface area (Å²) in [6, 6.07) is 7.57. The van der Waals surface area contributed by atoms with E-state index < -0.39 is 0 Å². The predicted molar refractivity (Wildman–Crippen MR) is 114 cm³/mol. The number of nitrogens with one attached hydrogen (secondary N) is 1. The molecular weight excluding hydrogens is 386 g/mol. The van der Waals surface area contributed by atoms with Crippen molar-refractivity contribution in [2.45, 2.75) is 13.0 Å². The molecule has 2 fully saturated rings. The molecule has 1 aromatic heterocycles. The number of benzene rings is 1. The average molecular weight is 415 g/mol. The number of aromatic nitrogens is 2. The molecule has 3 heterocycles. The average Bonchev–Trinajstić information content (AvgIpc) is 2.79. The first-order valence-corrected chi connectivity index (χ1v) is 10.6. The number of hydrogen-bond donors (Lipinski definition) is 1. The largest absolute Gasteiger partial charge is 0.379 e. The normalized spacial score (nSPS) is 17.9. The molecule has 1 amide bonds. The first-order valence-electron chi connectivity index (χ1n) is 10.6. The van der Waals surface area contributed by atoms with Gasteiger partial charge in [-0.1, -0.05) is 12.1 Å². The van der Waals surface area contributed by atoms with Gasteiger partial charge in [0.15, 0.2) is 5.82 Å². The topological polar surface area (TPSA) is 88.9 Å². The van der Waals surface area contributed by atoms with Crippen molar-refractivity contribution in [3.05, 3.63) is 34.6 Å². The number of aryl methyl sites for hydroxylation is 1. The van der Waals surface area contributed by atoms with Gasteiger partial charge in [-0.05, 0) is 12.1 Å². The van der Waals surface area contributed by atoms with Gasteiger partial charge in [0.2, 0.25) is 5.91 Å². The van der Waals surface area contributed by atoms with E-state index in [-0.39, 0.29) is 17.9 Å². The van der Waals surface area contributed by atoms with E-state index in [0.29, 0.717) is 45.2 Å². The number of ether oxygens (including phenoxy) is 2. The van der Waals surface area contributed by atoms with E-state index in [4.69, 9.17) is 9.47 Å². The molecule has 4 rings (SSSR count). The van der Waals surface area contributed by atoms with E-state index >= 15 is 0 Å². The molecule has 0 spiro atoms. The van der Waals surface area contributed by atoms with Crippen LogP contribution in [-0.2, 0) is 20.8 Å². The van der Waals surface area contributed by atoms with Crippen LogP contribution in [0.1, 0.15) is 6.42 Å². The second-order valence-corrected chi connectivity index (χ2v) is 7.53. The summed E-state index contributed by atoms with van der Waals surface area (Å²) in [6.45, 7) is 7.48. The van der Waals surface area contributed by atoms with Gasteiger partial charge in [-0.3, -0.25) is 14.5 Å². The molecule has 0 aliphatic carbocycles. The van der Waals surface area contributed by atoms with Crippen molar-refractivity contribution in [1.29, 1.82) is 0 Å². The fraction of sp³-hybridized carbons (Fsp3) is 0.571. The van der Waals surface area contributed by atoms with Crippen molar-refractivity contribution in [3.8, 4) is 0 Å². The highest BCUT2D eigenvalue weighted by molar-refractivity contribution is 5.78. The van der Waals surface area contributed by atoms with Crippen molar-refractivity contribution >= 4 is 22.8 Å². The molecule has 162 valence electrons. The summed E-state index contributed by atoms with van der Waals surface area (Å²) >= 11 is 0. The van der Waals surface area contributed by atoms with E-state index in [0.717, 1.165) is 43.9 Å². The maximum atomic E-state index is 13.2. The Bertz CT molecular complexity index is 919. The van der Waals surface area contributed by atoms with Crippen LogP contribution < -0.4 is 15.8 Å². The first-order chi connectivity index (χ1) is 14.7. The zero-order valence-electron chi connectivity index (χ0n) is 17.2. The van der Waals surface area contributed by atoms with Gasteiger partial charge >= 0.3 is 0 Å². The molecule has 9 heteroatoms. The Hall–Kier alpha value is -2.49. The molecule has 2 saturated heterocycles. The fourth-order valence-corrected chi connectivity index (χ4v) is 3.86. The summed E-state index contributed by atoms with van der Waals surface area (Å²) in [4.78, 5) is 34.4. The number of anilines is 1. The summed E-state index contributed by atoms with van der Waals surface area (Å²) in [5.41, 5.74) is 1.35. The molecule has 0 unspecified atom stereocenters. The standard InChI is InChI=1S/C21H29N5O4/c27-19(22-6-8-24-9-13-29-14-10-24)5-7-26-18-4-2-1-3-17(18)23-20(21(26)28)25-11-15-30-16-12-25/h1-4H,5-16H2,(H,22,27). The van der Waals surface area contributed by atoms with Gasteiger partial charge in [0.05, 0.1) is 37.5 Å². The lowest BCUT2D eigenvalue weighted by atomic mass is 10.2. The molecule has 30 heavy (non-hydrogen) atoms. The summed E-state index contributed by atoms with van der Waals surface area (Å²) in [5.74, 6) is 0.383. The summed E-state index contributed by atoms with van der Waals surface area (Å²) in [7, 11) is 0. The lowest BCUT2D eigenvalue weighted by Gasteiger charge is -2.28. The lowest BCUT2D eigenvalue weighted by molar-refractivity contribution is -0.121. The third-order valence-corrected chi connectivity index (χ3v) is 5.56. The van der Waals surface area contributed by atoms with Crippen LogP contribution in [-0.4, -0.2) is 86.1 Å². The van der Waals surface area contributed by atoms with Crippen LogP contribution in [0.2, 0.25) is 0 Å². The van der Waals surface area contributed by atoms with E-state index in [2.05, 4.69) is 15.2 Å². The molecule has 0 atom stereocenters. The van der Waals surface area contributed by atoms with E-state index in [1.807, 2.05) is 29.2 Å². The van der Waals surface area contributed by atoms with Crippen LogP contribution >= 0.6 is 0 Å². The highest BCUT2D eigenvalue weighted by atomic mass is 16.5. The van der Waals surface area contributed by atoms with Crippen molar-refractivity contribution in [2.24, 2.45) is 0 Å². The van der Waals surface area contributed by atoms with Crippen LogP contribution in [0.3, 0.4) is 0 Å². The molecule has 2 aromatic rings. The van der Waals surface area contributed by atoms with Crippen LogP contribution in [0.5, 0.6) is 0 Å². The number of carbonyl (C=O) groups excluding carboxylic acids is 1. The van der Waals surface area contributed by atoms with Gasteiger partial charge in [-0.2, -0.15) is 0 Å². The lowest BCUT2D eigenvalue weighted by Crippen LogP contribution is -2.42. The number of morpholine rings is 2. The minimum absolute atomic E-state index is 0.0519. The maximum absolute atomic E-state index is 13.2. The summed E-state index contributed by atoms with van der Waals surface area (Å²) in [6.07, 6.45) is 0.250. The molecule has 1 N–H and O–H groups in total. The predicted octanol–water partition coefficient (Wildman–Crippen LogP) is 0.0716. The third-order valence-electron chi connectivity index (χ3n) is 5.56. The fourth-order valence-electron chi connectivity index (χ4n) is 3.86. The quantitative estimate of drug-likeness (QED) is 0.685. The van der Waals surface area contributed by atoms with Crippen molar-refractivity contribution in [3.63, 3.8) is 0 Å². The molecule has 2 aliphatic heterocycles. The van der Waals surface area contributed by atoms with Gasteiger partial charge in [0, 0.05) is 52.2 Å². The Morgan fingerprint density at radius 3 is 2.47 bits per heavy atom. The van der Waals surface area contributed by atoms with Gasteiger partial charge in [-0.25, -0.2) is 4.98 Å². The van der Waals surface area contributed by atoms with Crippen LogP contribution in [0.15, 0.2) is 29.1 Å². The van der Waals surface area contributed by atoms with Crippen LogP contribution in [0.25, 0.3) is 11.0 Å². The smallest absolute Gasteiger partial charge is 0.294 e. The Balaban J connectivity index is 1.42. The molecule has 1 aromatic carbocycles. The summed E-state index contributed by atoms with van der Waals surface area (Å²) in [5, 5.41) is 2.97. The van der Waals surface area contributed by atoms with E-state index in [1.54, 1.807) is 4.57 Å². The zero-order valence-corrected chi connectivity index (χ0v) is 17.2. The Labute approximate surface area is 175 Å². The van der Waals surface area contributed by atoms with E-state index in [9.17, 15) is 9.59 Å². The molecule has 0 bridgehead atoms.